The van der Waals surface area contributed by atoms with Gasteiger partial charge in [-0.05, 0) is 42.9 Å². The fourth-order valence-corrected chi connectivity index (χ4v) is 1.63. The van der Waals surface area contributed by atoms with Gasteiger partial charge in [0.15, 0.2) is 0 Å². The molecule has 0 aliphatic rings. The summed E-state index contributed by atoms with van der Waals surface area (Å²) in [6, 6.07) is 6.52. The van der Waals surface area contributed by atoms with Gasteiger partial charge >= 0.3 is 0 Å². The fraction of sp³-hybridized carbons (Fsp3) is 0.538. The summed E-state index contributed by atoms with van der Waals surface area (Å²) >= 11 is 0. The first-order chi connectivity index (χ1) is 6.50. The van der Waals surface area contributed by atoms with E-state index in [9.17, 15) is 5.11 Å². The van der Waals surface area contributed by atoms with E-state index in [2.05, 4.69) is 39.0 Å². The molecule has 0 saturated carbocycles. The molecule has 0 amide bonds. The highest BCUT2D eigenvalue weighted by Crippen LogP contribution is 2.19. The monoisotopic (exact) mass is 192 g/mol. The molecule has 1 aromatic rings. The molecular formula is C13H20O. The van der Waals surface area contributed by atoms with Crippen LogP contribution in [0.5, 0.6) is 0 Å². The second-order valence-corrected chi connectivity index (χ2v) is 4.39. The van der Waals surface area contributed by atoms with Gasteiger partial charge in [-0.25, -0.2) is 0 Å². The van der Waals surface area contributed by atoms with Gasteiger partial charge in [0.25, 0.3) is 0 Å². The highest BCUT2D eigenvalue weighted by atomic mass is 16.3. The van der Waals surface area contributed by atoms with Gasteiger partial charge in [-0.15, -0.1) is 0 Å². The molecule has 0 heterocycles. The summed E-state index contributed by atoms with van der Waals surface area (Å²) in [4.78, 5) is 0. The number of aliphatic hydroxyl groups excluding tert-OH is 1. The largest absolute Gasteiger partial charge is 0.393 e. The number of benzene rings is 1. The van der Waals surface area contributed by atoms with E-state index < -0.39 is 0 Å². The third-order valence-electron chi connectivity index (χ3n) is 2.55. The van der Waals surface area contributed by atoms with Gasteiger partial charge in [0.2, 0.25) is 0 Å². The maximum absolute atomic E-state index is 9.31. The van der Waals surface area contributed by atoms with E-state index in [0.29, 0.717) is 5.92 Å². The van der Waals surface area contributed by atoms with Crippen molar-refractivity contribution in [3.05, 3.63) is 34.9 Å². The van der Waals surface area contributed by atoms with Crippen LogP contribution in [0, 0.1) is 6.92 Å². The summed E-state index contributed by atoms with van der Waals surface area (Å²) in [5, 5.41) is 9.31. The van der Waals surface area contributed by atoms with E-state index in [-0.39, 0.29) is 6.10 Å². The molecule has 1 unspecified atom stereocenters. The Kier molecular flexibility index (Phi) is 3.70. The van der Waals surface area contributed by atoms with Crippen LogP contribution < -0.4 is 0 Å². The van der Waals surface area contributed by atoms with Crippen molar-refractivity contribution in [3.8, 4) is 0 Å². The van der Waals surface area contributed by atoms with Crippen molar-refractivity contribution in [2.24, 2.45) is 0 Å². The van der Waals surface area contributed by atoms with Gasteiger partial charge in [-0.1, -0.05) is 32.0 Å². The van der Waals surface area contributed by atoms with Gasteiger partial charge in [0.05, 0.1) is 6.10 Å². The summed E-state index contributed by atoms with van der Waals surface area (Å²) < 4.78 is 0. The molecule has 0 fully saturated rings. The van der Waals surface area contributed by atoms with Crippen LogP contribution in [0.4, 0.5) is 0 Å². The number of aliphatic hydroxyl groups is 1. The first-order valence-corrected chi connectivity index (χ1v) is 5.28. The molecule has 0 aromatic heterocycles. The summed E-state index contributed by atoms with van der Waals surface area (Å²) in [5.41, 5.74) is 3.92. The highest BCUT2D eigenvalue weighted by Gasteiger charge is 2.05. The van der Waals surface area contributed by atoms with Crippen LogP contribution in [0.3, 0.4) is 0 Å². The van der Waals surface area contributed by atoms with Crippen molar-refractivity contribution < 1.29 is 5.11 Å². The van der Waals surface area contributed by atoms with Gasteiger partial charge < -0.3 is 5.11 Å². The molecular weight excluding hydrogens is 172 g/mol. The zero-order valence-electron chi connectivity index (χ0n) is 9.54. The zero-order valence-corrected chi connectivity index (χ0v) is 9.54. The maximum atomic E-state index is 9.31. The molecule has 1 heteroatoms. The molecule has 1 aromatic carbocycles. The van der Waals surface area contributed by atoms with Crippen molar-refractivity contribution in [3.63, 3.8) is 0 Å². The molecule has 0 aliphatic heterocycles. The lowest BCUT2D eigenvalue weighted by molar-refractivity contribution is 0.195. The summed E-state index contributed by atoms with van der Waals surface area (Å²) in [6.45, 7) is 8.34. The van der Waals surface area contributed by atoms with Crippen LogP contribution in [-0.2, 0) is 6.42 Å². The molecule has 0 aliphatic carbocycles. The molecule has 0 bridgehead atoms. The van der Waals surface area contributed by atoms with Crippen molar-refractivity contribution >= 4 is 0 Å². The van der Waals surface area contributed by atoms with Crippen LogP contribution in [-0.4, -0.2) is 11.2 Å². The van der Waals surface area contributed by atoms with Crippen LogP contribution in [0.1, 0.15) is 43.4 Å². The Morgan fingerprint density at radius 1 is 1.21 bits per heavy atom. The van der Waals surface area contributed by atoms with Gasteiger partial charge in [-0.2, -0.15) is 0 Å². The Balaban J connectivity index is 2.90. The van der Waals surface area contributed by atoms with Gasteiger partial charge in [-0.3, -0.25) is 0 Å². The van der Waals surface area contributed by atoms with Crippen LogP contribution in [0.2, 0.25) is 0 Å². The summed E-state index contributed by atoms with van der Waals surface area (Å²) in [6.07, 6.45) is 0.503. The Morgan fingerprint density at radius 3 is 2.29 bits per heavy atom. The van der Waals surface area contributed by atoms with E-state index in [1.165, 1.54) is 16.7 Å². The van der Waals surface area contributed by atoms with Gasteiger partial charge in [0.1, 0.15) is 0 Å². The molecule has 14 heavy (non-hydrogen) atoms. The van der Waals surface area contributed by atoms with Crippen molar-refractivity contribution in [1.82, 2.24) is 0 Å². The van der Waals surface area contributed by atoms with Crippen LogP contribution >= 0.6 is 0 Å². The maximum Gasteiger partial charge on any atom is 0.0552 e. The van der Waals surface area contributed by atoms with E-state index >= 15 is 0 Å². The number of rotatable bonds is 3. The van der Waals surface area contributed by atoms with E-state index in [0.717, 1.165) is 6.42 Å². The topological polar surface area (TPSA) is 20.2 Å². The lowest BCUT2D eigenvalue weighted by Crippen LogP contribution is -2.06. The predicted octanol–water partition coefficient (Wildman–Crippen LogP) is 3.04. The number of aryl methyl sites for hydroxylation is 1. The number of hydrogen-bond donors (Lipinski definition) is 1. The first-order valence-electron chi connectivity index (χ1n) is 5.28. The highest BCUT2D eigenvalue weighted by molar-refractivity contribution is 5.32. The quantitative estimate of drug-likeness (QED) is 0.780. The third kappa shape index (κ3) is 2.85. The zero-order chi connectivity index (χ0) is 10.7. The van der Waals surface area contributed by atoms with E-state index in [4.69, 9.17) is 0 Å². The summed E-state index contributed by atoms with van der Waals surface area (Å²) in [5.74, 6) is 0.578. The second-order valence-electron chi connectivity index (χ2n) is 4.39. The van der Waals surface area contributed by atoms with Crippen molar-refractivity contribution in [1.29, 1.82) is 0 Å². The molecule has 1 N–H and O–H groups in total. The predicted molar refractivity (Wildman–Crippen MR) is 60.7 cm³/mol. The second kappa shape index (κ2) is 4.61. The molecule has 1 rings (SSSR count). The normalized spacial score (nSPS) is 13.3. The Bertz CT molecular complexity index is 300. The minimum Gasteiger partial charge on any atom is -0.393 e. The van der Waals surface area contributed by atoms with Gasteiger partial charge in [0, 0.05) is 0 Å². The standard InChI is InChI=1S/C13H20O/c1-9(2)12-5-6-13(8-11(4)14)10(3)7-12/h5-7,9,11,14H,8H2,1-4H3. The van der Waals surface area contributed by atoms with E-state index in [1.54, 1.807) is 0 Å². The Labute approximate surface area is 86.8 Å². The average molecular weight is 192 g/mol. The summed E-state index contributed by atoms with van der Waals surface area (Å²) in [7, 11) is 0. The van der Waals surface area contributed by atoms with Crippen molar-refractivity contribution in [2.75, 3.05) is 0 Å². The van der Waals surface area contributed by atoms with Crippen molar-refractivity contribution in [2.45, 2.75) is 46.1 Å². The van der Waals surface area contributed by atoms with Crippen LogP contribution in [0.25, 0.3) is 0 Å². The molecule has 0 spiro atoms. The number of hydrogen-bond acceptors (Lipinski definition) is 1. The Morgan fingerprint density at radius 2 is 1.86 bits per heavy atom. The van der Waals surface area contributed by atoms with E-state index in [1.807, 2.05) is 6.92 Å². The lowest BCUT2D eigenvalue weighted by atomic mass is 9.96. The first kappa shape index (κ1) is 11.3. The minimum absolute atomic E-state index is 0.251. The molecule has 0 radical (unpaired) electrons. The van der Waals surface area contributed by atoms with Crippen LogP contribution in [0.15, 0.2) is 18.2 Å². The molecule has 1 atom stereocenters. The molecule has 1 nitrogen and oxygen atoms in total. The SMILES string of the molecule is Cc1cc(C(C)C)ccc1CC(C)O. The lowest BCUT2D eigenvalue weighted by Gasteiger charge is -2.11. The Hall–Kier alpha value is -0.820. The third-order valence-corrected chi connectivity index (χ3v) is 2.55. The average Bonchev–Trinajstić information content (AvgIpc) is 2.07. The molecule has 78 valence electrons. The minimum atomic E-state index is -0.251. The smallest absolute Gasteiger partial charge is 0.0552 e. The fourth-order valence-electron chi connectivity index (χ4n) is 1.63. The molecule has 0 saturated heterocycles.